The first kappa shape index (κ1) is 14.4. The molecule has 1 heterocycles. The van der Waals surface area contributed by atoms with Gasteiger partial charge in [0.05, 0.1) is 6.61 Å². The van der Waals surface area contributed by atoms with Gasteiger partial charge in [-0.15, -0.1) is 0 Å². The van der Waals surface area contributed by atoms with Crippen LogP contribution >= 0.6 is 0 Å². The Kier molecular flexibility index (Phi) is 4.48. The molecule has 0 aliphatic carbocycles. The van der Waals surface area contributed by atoms with Crippen LogP contribution in [0.2, 0.25) is 0 Å². The van der Waals surface area contributed by atoms with E-state index in [9.17, 15) is 0 Å². The quantitative estimate of drug-likeness (QED) is 0.905. The first-order valence-electron chi connectivity index (χ1n) is 7.16. The molecule has 19 heavy (non-hydrogen) atoms. The zero-order valence-electron chi connectivity index (χ0n) is 12.4. The van der Waals surface area contributed by atoms with Crippen molar-refractivity contribution in [1.29, 1.82) is 0 Å². The Bertz CT molecular complexity index is 431. The summed E-state index contributed by atoms with van der Waals surface area (Å²) in [6, 6.07) is 6.50. The summed E-state index contributed by atoms with van der Waals surface area (Å²) in [6.45, 7) is 4.70. The average molecular weight is 262 g/mol. The van der Waals surface area contributed by atoms with Crippen molar-refractivity contribution in [2.45, 2.75) is 31.6 Å². The van der Waals surface area contributed by atoms with Crippen molar-refractivity contribution in [2.75, 3.05) is 33.8 Å². The number of fused-ring (bicyclic) bond motifs is 1. The highest BCUT2D eigenvalue weighted by Gasteiger charge is 2.34. The molecule has 0 saturated heterocycles. The molecule has 0 fully saturated rings. The summed E-state index contributed by atoms with van der Waals surface area (Å²) in [7, 11) is 4.24. The molecule has 1 aliphatic rings. The molecule has 1 aliphatic heterocycles. The molecule has 0 spiro atoms. The van der Waals surface area contributed by atoms with E-state index in [1.807, 2.05) is 0 Å². The standard InChI is InChI=1S/C16H26N2O/c1-13-5-6-15-14(11-13)16(12-17,7-4-10-19-15)8-9-18(2)3/h5-6,11H,4,7-10,12,17H2,1-3H3. The maximum absolute atomic E-state index is 6.18. The highest BCUT2D eigenvalue weighted by molar-refractivity contribution is 5.43. The van der Waals surface area contributed by atoms with Crippen LogP contribution in [0.4, 0.5) is 0 Å². The van der Waals surface area contributed by atoms with Crippen LogP contribution in [0.3, 0.4) is 0 Å². The van der Waals surface area contributed by atoms with Crippen molar-refractivity contribution in [1.82, 2.24) is 4.90 Å². The summed E-state index contributed by atoms with van der Waals surface area (Å²) in [4.78, 5) is 2.23. The zero-order chi connectivity index (χ0) is 13.9. The molecule has 0 bridgehead atoms. The fourth-order valence-electron chi connectivity index (χ4n) is 2.92. The highest BCUT2D eigenvalue weighted by atomic mass is 16.5. The Morgan fingerprint density at radius 2 is 2.16 bits per heavy atom. The molecule has 0 aromatic heterocycles. The minimum Gasteiger partial charge on any atom is -0.493 e. The van der Waals surface area contributed by atoms with Gasteiger partial charge in [-0.05, 0) is 52.9 Å². The van der Waals surface area contributed by atoms with Crippen LogP contribution in [0.1, 0.15) is 30.4 Å². The lowest BCUT2D eigenvalue weighted by Gasteiger charge is -2.34. The van der Waals surface area contributed by atoms with E-state index in [-0.39, 0.29) is 5.41 Å². The molecule has 106 valence electrons. The number of hydrogen-bond acceptors (Lipinski definition) is 3. The second-order valence-corrected chi connectivity index (χ2v) is 5.99. The molecule has 1 atom stereocenters. The highest BCUT2D eigenvalue weighted by Crippen LogP contribution is 2.40. The topological polar surface area (TPSA) is 38.5 Å². The second-order valence-electron chi connectivity index (χ2n) is 5.99. The van der Waals surface area contributed by atoms with E-state index < -0.39 is 0 Å². The molecule has 2 N–H and O–H groups in total. The fourth-order valence-corrected chi connectivity index (χ4v) is 2.92. The number of aryl methyl sites for hydroxylation is 1. The van der Waals surface area contributed by atoms with Gasteiger partial charge in [0.2, 0.25) is 0 Å². The first-order chi connectivity index (χ1) is 9.07. The predicted octanol–water partition coefficient (Wildman–Crippen LogP) is 2.32. The summed E-state index contributed by atoms with van der Waals surface area (Å²) in [6.07, 6.45) is 3.29. The van der Waals surface area contributed by atoms with Crippen LogP contribution in [0.15, 0.2) is 18.2 Å². The van der Waals surface area contributed by atoms with Crippen molar-refractivity contribution in [3.63, 3.8) is 0 Å². The maximum atomic E-state index is 6.18. The van der Waals surface area contributed by atoms with Gasteiger partial charge in [-0.3, -0.25) is 0 Å². The van der Waals surface area contributed by atoms with E-state index in [1.54, 1.807) is 0 Å². The van der Waals surface area contributed by atoms with E-state index in [1.165, 1.54) is 11.1 Å². The van der Waals surface area contributed by atoms with Crippen LogP contribution in [-0.4, -0.2) is 38.7 Å². The first-order valence-corrected chi connectivity index (χ1v) is 7.16. The molecule has 0 saturated carbocycles. The van der Waals surface area contributed by atoms with Gasteiger partial charge in [0.1, 0.15) is 5.75 Å². The van der Waals surface area contributed by atoms with Gasteiger partial charge >= 0.3 is 0 Å². The third kappa shape index (κ3) is 3.10. The van der Waals surface area contributed by atoms with Gasteiger partial charge in [0, 0.05) is 17.5 Å². The third-order valence-electron chi connectivity index (χ3n) is 4.19. The Morgan fingerprint density at radius 1 is 1.37 bits per heavy atom. The average Bonchev–Trinajstić information content (AvgIpc) is 2.56. The van der Waals surface area contributed by atoms with Crippen molar-refractivity contribution in [2.24, 2.45) is 5.73 Å². The van der Waals surface area contributed by atoms with E-state index in [4.69, 9.17) is 10.5 Å². The van der Waals surface area contributed by atoms with Crippen LogP contribution in [0.25, 0.3) is 0 Å². The Labute approximate surface area is 116 Å². The smallest absolute Gasteiger partial charge is 0.123 e. The molecular weight excluding hydrogens is 236 g/mol. The van der Waals surface area contributed by atoms with Gasteiger partial charge < -0.3 is 15.4 Å². The summed E-state index contributed by atoms with van der Waals surface area (Å²) < 4.78 is 5.90. The lowest BCUT2D eigenvalue weighted by Crippen LogP contribution is -2.37. The zero-order valence-corrected chi connectivity index (χ0v) is 12.4. The SMILES string of the molecule is Cc1ccc2c(c1)C(CN)(CCN(C)C)CCCO2. The number of benzene rings is 1. The van der Waals surface area contributed by atoms with Gasteiger partial charge in [0.15, 0.2) is 0 Å². The number of nitrogens with zero attached hydrogens (tertiary/aromatic N) is 1. The number of ether oxygens (including phenoxy) is 1. The Hall–Kier alpha value is -1.06. The summed E-state index contributed by atoms with van der Waals surface area (Å²) in [5.41, 5.74) is 8.85. The monoisotopic (exact) mass is 262 g/mol. The lowest BCUT2D eigenvalue weighted by atomic mass is 9.73. The number of hydrogen-bond donors (Lipinski definition) is 1. The molecule has 3 heteroatoms. The lowest BCUT2D eigenvalue weighted by molar-refractivity contribution is 0.290. The van der Waals surface area contributed by atoms with Crippen LogP contribution < -0.4 is 10.5 Å². The molecule has 1 aromatic carbocycles. The minimum absolute atomic E-state index is 0.0716. The van der Waals surface area contributed by atoms with Crippen LogP contribution in [0, 0.1) is 6.92 Å². The summed E-state index contributed by atoms with van der Waals surface area (Å²) >= 11 is 0. The second kappa shape index (κ2) is 5.93. The normalized spacial score (nSPS) is 22.8. The predicted molar refractivity (Wildman–Crippen MR) is 79.8 cm³/mol. The van der Waals surface area contributed by atoms with Gasteiger partial charge in [-0.25, -0.2) is 0 Å². The summed E-state index contributed by atoms with van der Waals surface area (Å²) in [5, 5.41) is 0. The van der Waals surface area contributed by atoms with Gasteiger partial charge in [-0.2, -0.15) is 0 Å². The maximum Gasteiger partial charge on any atom is 0.123 e. The Balaban J connectivity index is 2.39. The van der Waals surface area contributed by atoms with E-state index in [2.05, 4.69) is 44.1 Å². The summed E-state index contributed by atoms with van der Waals surface area (Å²) in [5.74, 6) is 1.03. The number of nitrogens with two attached hydrogens (primary N) is 1. The molecule has 1 unspecified atom stereocenters. The van der Waals surface area contributed by atoms with Crippen molar-refractivity contribution >= 4 is 0 Å². The minimum atomic E-state index is 0.0716. The van der Waals surface area contributed by atoms with Crippen molar-refractivity contribution in [3.8, 4) is 5.75 Å². The van der Waals surface area contributed by atoms with E-state index >= 15 is 0 Å². The van der Waals surface area contributed by atoms with Crippen molar-refractivity contribution in [3.05, 3.63) is 29.3 Å². The van der Waals surface area contributed by atoms with Gasteiger partial charge in [0.25, 0.3) is 0 Å². The van der Waals surface area contributed by atoms with E-state index in [0.29, 0.717) is 6.54 Å². The Morgan fingerprint density at radius 3 is 2.84 bits per heavy atom. The third-order valence-corrected chi connectivity index (χ3v) is 4.19. The largest absolute Gasteiger partial charge is 0.493 e. The van der Waals surface area contributed by atoms with Gasteiger partial charge in [-0.1, -0.05) is 17.7 Å². The van der Waals surface area contributed by atoms with Crippen molar-refractivity contribution < 1.29 is 4.74 Å². The molecule has 3 nitrogen and oxygen atoms in total. The molecule has 0 amide bonds. The van der Waals surface area contributed by atoms with Crippen LogP contribution in [0.5, 0.6) is 5.75 Å². The molecule has 1 aromatic rings. The molecular formula is C16H26N2O. The van der Waals surface area contributed by atoms with E-state index in [0.717, 1.165) is 38.2 Å². The molecule has 2 rings (SSSR count). The fraction of sp³-hybridized carbons (Fsp3) is 0.625. The molecule has 0 radical (unpaired) electrons. The van der Waals surface area contributed by atoms with Crippen LogP contribution in [-0.2, 0) is 5.41 Å². The number of rotatable bonds is 4.